The Hall–Kier alpha value is 0.0800. The molecule has 0 aromatic heterocycles. The quantitative estimate of drug-likeness (QED) is 0.442. The fraction of sp³-hybridized carbons (Fsp3) is 0.368. The summed E-state index contributed by atoms with van der Waals surface area (Å²) in [7, 11) is -1.66. The summed E-state index contributed by atoms with van der Waals surface area (Å²) in [6.45, 7) is 11.6. The molecule has 3 rings (SSSR count). The molecule has 0 bridgehead atoms. The van der Waals surface area contributed by atoms with E-state index in [1.54, 1.807) is 10.8 Å². The van der Waals surface area contributed by atoms with E-state index in [2.05, 4.69) is 81.3 Å². The number of nitrogens with one attached hydrogen (secondary N) is 1. The Morgan fingerprint density at radius 2 is 1.46 bits per heavy atom. The molecule has 1 aliphatic carbocycles. The van der Waals surface area contributed by atoms with Crippen LogP contribution in [0, 0.1) is 0 Å². The molecule has 0 unspecified atom stereocenters. The summed E-state index contributed by atoms with van der Waals surface area (Å²) >= 11 is 0. The molecule has 1 aliphatic rings. The van der Waals surface area contributed by atoms with E-state index in [-0.39, 0.29) is 56.6 Å². The van der Waals surface area contributed by atoms with Crippen LogP contribution in [0.4, 0.5) is 0 Å². The van der Waals surface area contributed by atoms with Gasteiger partial charge in [0, 0.05) is 5.54 Å². The minimum absolute atomic E-state index is 0. The zero-order valence-electron chi connectivity index (χ0n) is 15.0. The summed E-state index contributed by atoms with van der Waals surface area (Å²) in [6.07, 6.45) is 1.09. The SMILES string of the molecule is CC(C)(C)N[Si](C)(C)c1cccc2c1Cc1ccccc1-2.[Cl-].[Cl-].[Zr+2]. The molecule has 0 atom stereocenters. The maximum Gasteiger partial charge on any atom is 2.00 e. The van der Waals surface area contributed by atoms with Crippen molar-refractivity contribution < 1.29 is 51.0 Å². The van der Waals surface area contributed by atoms with Gasteiger partial charge in [0.15, 0.2) is 8.24 Å². The van der Waals surface area contributed by atoms with E-state index < -0.39 is 8.24 Å². The molecule has 0 fully saturated rings. The molecule has 2 aromatic rings. The van der Waals surface area contributed by atoms with Gasteiger partial charge >= 0.3 is 26.2 Å². The van der Waals surface area contributed by atoms with E-state index in [1.807, 2.05) is 0 Å². The first kappa shape index (κ1) is 24.1. The summed E-state index contributed by atoms with van der Waals surface area (Å²) in [6, 6.07) is 15.7. The molecule has 0 aliphatic heterocycles. The van der Waals surface area contributed by atoms with Crippen molar-refractivity contribution in [2.75, 3.05) is 0 Å². The van der Waals surface area contributed by atoms with Gasteiger partial charge in [0.2, 0.25) is 0 Å². The van der Waals surface area contributed by atoms with Crippen molar-refractivity contribution in [1.82, 2.24) is 4.98 Å². The first-order chi connectivity index (χ1) is 9.78. The second-order valence-corrected chi connectivity index (χ2v) is 11.7. The van der Waals surface area contributed by atoms with Crippen LogP contribution < -0.4 is 35.0 Å². The molecule has 1 nitrogen and oxygen atoms in total. The van der Waals surface area contributed by atoms with Crippen molar-refractivity contribution in [2.45, 2.75) is 45.8 Å². The minimum atomic E-state index is -1.66. The molecule has 0 amide bonds. The van der Waals surface area contributed by atoms with Gasteiger partial charge in [-0.3, -0.25) is 0 Å². The normalized spacial score (nSPS) is 12.2. The van der Waals surface area contributed by atoms with Gasteiger partial charge in [-0.15, -0.1) is 0 Å². The van der Waals surface area contributed by atoms with Crippen LogP contribution in [0.1, 0.15) is 31.9 Å². The average Bonchev–Trinajstić information content (AvgIpc) is 2.74. The van der Waals surface area contributed by atoms with Crippen LogP contribution in [-0.2, 0) is 32.6 Å². The average molecular weight is 458 g/mol. The summed E-state index contributed by atoms with van der Waals surface area (Å²) in [5.74, 6) is 0. The summed E-state index contributed by atoms with van der Waals surface area (Å²) in [4.78, 5) is 3.91. The fourth-order valence-corrected chi connectivity index (χ4v) is 7.25. The molecule has 128 valence electrons. The Morgan fingerprint density at radius 3 is 2.08 bits per heavy atom. The Balaban J connectivity index is 0.00000176. The Bertz CT molecular complexity index is 696. The molecule has 24 heavy (non-hydrogen) atoms. The van der Waals surface area contributed by atoms with E-state index >= 15 is 0 Å². The van der Waals surface area contributed by atoms with Gasteiger partial charge in [-0.25, -0.2) is 0 Å². The van der Waals surface area contributed by atoms with Crippen LogP contribution in [0.25, 0.3) is 11.1 Å². The summed E-state index contributed by atoms with van der Waals surface area (Å²) < 4.78 is 0. The molecular weight excluding hydrogens is 432 g/mol. The third kappa shape index (κ3) is 4.83. The Kier molecular flexibility index (Phi) is 8.67. The molecule has 0 spiro atoms. The van der Waals surface area contributed by atoms with Gasteiger partial charge in [-0.05, 0) is 54.6 Å². The predicted octanol–water partition coefficient (Wildman–Crippen LogP) is -1.94. The zero-order chi connectivity index (χ0) is 15.3. The third-order valence-electron chi connectivity index (χ3n) is 4.21. The van der Waals surface area contributed by atoms with Crippen molar-refractivity contribution in [2.24, 2.45) is 0 Å². The Morgan fingerprint density at radius 1 is 0.875 bits per heavy atom. The number of hydrogen-bond acceptors (Lipinski definition) is 1. The smallest absolute Gasteiger partial charge is 1.00 e. The fourth-order valence-electron chi connectivity index (χ4n) is 3.75. The maximum atomic E-state index is 3.91. The van der Waals surface area contributed by atoms with Crippen LogP contribution in [0.5, 0.6) is 0 Å². The second-order valence-electron chi connectivity index (χ2n) is 7.67. The number of hydrogen-bond donors (Lipinski definition) is 1. The van der Waals surface area contributed by atoms with Crippen LogP contribution in [0.3, 0.4) is 0 Å². The third-order valence-corrected chi connectivity index (χ3v) is 7.40. The van der Waals surface area contributed by atoms with Gasteiger partial charge in [-0.1, -0.05) is 55.6 Å². The van der Waals surface area contributed by atoms with E-state index in [1.165, 1.54) is 16.7 Å². The number of rotatable bonds is 2. The molecule has 2 aromatic carbocycles. The van der Waals surface area contributed by atoms with Crippen LogP contribution in [0.2, 0.25) is 13.1 Å². The summed E-state index contributed by atoms with van der Waals surface area (Å²) in [5.41, 5.74) is 6.05. The topological polar surface area (TPSA) is 12.0 Å². The van der Waals surface area contributed by atoms with Crippen molar-refractivity contribution in [3.8, 4) is 11.1 Å². The van der Waals surface area contributed by atoms with E-state index in [4.69, 9.17) is 0 Å². The van der Waals surface area contributed by atoms with Crippen LogP contribution in [0.15, 0.2) is 42.5 Å². The largest absolute Gasteiger partial charge is 2.00 e. The zero-order valence-corrected chi connectivity index (χ0v) is 20.0. The number of halogens is 2. The molecule has 0 radical (unpaired) electrons. The standard InChI is InChI=1S/C19H25NSi.2ClH.Zr/c1-19(2,3)20-21(4,5)18-12-8-11-16-15-10-7-6-9-14(15)13-17(16)18;;;/h6-12,20H,13H2,1-5H3;2*1H;/q;;;+2/p-2. The van der Waals surface area contributed by atoms with Crippen LogP contribution in [-0.4, -0.2) is 13.8 Å². The first-order valence-corrected chi connectivity index (χ1v) is 10.8. The summed E-state index contributed by atoms with van der Waals surface area (Å²) in [5, 5.41) is 1.56. The second kappa shape index (κ2) is 8.64. The number of benzene rings is 2. The van der Waals surface area contributed by atoms with Gasteiger partial charge in [0.1, 0.15) is 0 Å². The van der Waals surface area contributed by atoms with E-state index in [0.29, 0.717) is 0 Å². The molecule has 0 heterocycles. The van der Waals surface area contributed by atoms with E-state index in [0.717, 1.165) is 6.42 Å². The van der Waals surface area contributed by atoms with Gasteiger partial charge in [0.25, 0.3) is 0 Å². The molecule has 0 saturated heterocycles. The predicted molar refractivity (Wildman–Crippen MR) is 94.7 cm³/mol. The first-order valence-electron chi connectivity index (χ1n) is 7.78. The van der Waals surface area contributed by atoms with E-state index in [9.17, 15) is 0 Å². The van der Waals surface area contributed by atoms with Gasteiger partial charge in [0.05, 0.1) is 0 Å². The van der Waals surface area contributed by atoms with Gasteiger partial charge in [-0.2, -0.15) is 0 Å². The van der Waals surface area contributed by atoms with Gasteiger partial charge < -0.3 is 29.8 Å². The van der Waals surface area contributed by atoms with Crippen molar-refractivity contribution >= 4 is 13.4 Å². The molecular formula is C19H25Cl2NSiZr. The van der Waals surface area contributed by atoms with Crippen molar-refractivity contribution in [1.29, 1.82) is 0 Å². The monoisotopic (exact) mass is 455 g/mol. The van der Waals surface area contributed by atoms with Crippen molar-refractivity contribution in [3.63, 3.8) is 0 Å². The molecule has 0 saturated carbocycles. The maximum absolute atomic E-state index is 3.91. The molecule has 5 heteroatoms. The minimum Gasteiger partial charge on any atom is -1.00 e. The van der Waals surface area contributed by atoms with Crippen molar-refractivity contribution in [3.05, 3.63) is 53.6 Å². The number of fused-ring (bicyclic) bond motifs is 3. The van der Waals surface area contributed by atoms with Crippen LogP contribution >= 0.6 is 0 Å². The molecule has 1 N–H and O–H groups in total. The Labute approximate surface area is 179 Å².